The molecule has 1 aromatic carbocycles. The third-order valence-corrected chi connectivity index (χ3v) is 4.98. The van der Waals surface area contributed by atoms with Gasteiger partial charge in [-0.1, -0.05) is 25.0 Å². The van der Waals surface area contributed by atoms with E-state index in [4.69, 9.17) is 24.7 Å². The quantitative estimate of drug-likeness (QED) is 0.218. The molecule has 0 aromatic heterocycles. The summed E-state index contributed by atoms with van der Waals surface area (Å²) in [6.07, 6.45) is 7.62. The van der Waals surface area contributed by atoms with Gasteiger partial charge in [0.15, 0.2) is 0 Å². The van der Waals surface area contributed by atoms with Gasteiger partial charge in [0, 0.05) is 25.7 Å². The van der Waals surface area contributed by atoms with Crippen molar-refractivity contribution in [1.29, 1.82) is 0 Å². The van der Waals surface area contributed by atoms with Crippen molar-refractivity contribution < 1.29 is 28.5 Å². The lowest BCUT2D eigenvalue weighted by molar-refractivity contribution is -0.140. The smallest absolute Gasteiger partial charge is 0.305 e. The second-order valence-electron chi connectivity index (χ2n) is 7.85. The summed E-state index contributed by atoms with van der Waals surface area (Å²) in [6, 6.07) is 8.03. The monoisotopic (exact) mass is 453 g/mol. The molecule has 7 nitrogen and oxygen atoms in total. The fourth-order valence-corrected chi connectivity index (χ4v) is 3.03. The van der Waals surface area contributed by atoms with E-state index in [0.717, 1.165) is 69.5 Å². The number of benzene rings is 1. The van der Waals surface area contributed by atoms with Crippen molar-refractivity contribution in [3.8, 4) is 5.75 Å². The van der Waals surface area contributed by atoms with E-state index in [2.05, 4.69) is 4.74 Å². The van der Waals surface area contributed by atoms with E-state index in [1.54, 1.807) is 0 Å². The third-order valence-electron chi connectivity index (χ3n) is 4.98. The summed E-state index contributed by atoms with van der Waals surface area (Å²) in [6.45, 7) is 6.56. The Morgan fingerprint density at radius 2 is 1.38 bits per heavy atom. The summed E-state index contributed by atoms with van der Waals surface area (Å²) < 4.78 is 27.0. The van der Waals surface area contributed by atoms with Crippen molar-refractivity contribution in [3.63, 3.8) is 0 Å². The van der Waals surface area contributed by atoms with Crippen molar-refractivity contribution in [1.82, 2.24) is 0 Å². The molecular weight excluding hydrogens is 410 g/mol. The van der Waals surface area contributed by atoms with E-state index in [0.29, 0.717) is 39.5 Å². The van der Waals surface area contributed by atoms with Crippen LogP contribution in [0.25, 0.3) is 0 Å². The molecule has 0 fully saturated rings. The van der Waals surface area contributed by atoms with Crippen molar-refractivity contribution in [2.75, 3.05) is 53.4 Å². The lowest BCUT2D eigenvalue weighted by atomic mass is 10.1. The Morgan fingerprint density at radius 3 is 1.97 bits per heavy atom. The Bertz CT molecular complexity index is 581. The topological polar surface area (TPSA) is 89.2 Å². The molecule has 0 unspecified atom stereocenters. The van der Waals surface area contributed by atoms with Gasteiger partial charge in [0.1, 0.15) is 5.75 Å². The fraction of sp³-hybridized carbons (Fsp3) is 0.720. The van der Waals surface area contributed by atoms with Crippen molar-refractivity contribution in [3.05, 3.63) is 29.8 Å². The highest BCUT2D eigenvalue weighted by Crippen LogP contribution is 2.18. The first-order chi connectivity index (χ1) is 15.6. The minimum Gasteiger partial charge on any atom is -0.494 e. The van der Waals surface area contributed by atoms with Gasteiger partial charge in [0.25, 0.3) is 0 Å². The van der Waals surface area contributed by atoms with Gasteiger partial charge in [-0.3, -0.25) is 4.79 Å². The van der Waals surface area contributed by atoms with Crippen LogP contribution >= 0.6 is 0 Å². The number of rotatable bonds is 21. The molecule has 7 heteroatoms. The molecule has 1 aromatic rings. The normalized spacial score (nSPS) is 12.0. The van der Waals surface area contributed by atoms with Crippen LogP contribution in [0, 0.1) is 0 Å². The zero-order valence-corrected chi connectivity index (χ0v) is 20.0. The minimum atomic E-state index is -0.147. The van der Waals surface area contributed by atoms with Crippen LogP contribution in [-0.4, -0.2) is 59.3 Å². The Hall–Kier alpha value is -1.67. The van der Waals surface area contributed by atoms with Crippen LogP contribution in [0.4, 0.5) is 0 Å². The number of nitrogens with two attached hydrogens (primary N) is 1. The summed E-state index contributed by atoms with van der Waals surface area (Å²) in [7, 11) is 1.42. The second kappa shape index (κ2) is 20.0. The number of carbonyl (C=O) groups is 1. The van der Waals surface area contributed by atoms with Gasteiger partial charge >= 0.3 is 5.97 Å². The molecule has 1 rings (SSSR count). The predicted molar refractivity (Wildman–Crippen MR) is 126 cm³/mol. The van der Waals surface area contributed by atoms with Gasteiger partial charge in [-0.2, -0.15) is 0 Å². The van der Waals surface area contributed by atoms with Gasteiger partial charge in [0.05, 0.1) is 40.1 Å². The van der Waals surface area contributed by atoms with Crippen LogP contribution in [0.2, 0.25) is 0 Å². The lowest BCUT2D eigenvalue weighted by Gasteiger charge is -2.10. The summed E-state index contributed by atoms with van der Waals surface area (Å²) in [5.74, 6) is 0.746. The summed E-state index contributed by atoms with van der Waals surface area (Å²) >= 11 is 0. The van der Waals surface area contributed by atoms with Crippen LogP contribution in [0.3, 0.4) is 0 Å². The van der Waals surface area contributed by atoms with E-state index in [9.17, 15) is 4.79 Å². The van der Waals surface area contributed by atoms with E-state index in [1.807, 2.05) is 31.2 Å². The summed E-state index contributed by atoms with van der Waals surface area (Å²) in [4.78, 5) is 11.0. The van der Waals surface area contributed by atoms with Crippen molar-refractivity contribution in [2.24, 2.45) is 5.73 Å². The number of unbranched alkanes of at least 4 members (excludes halogenated alkanes) is 5. The highest BCUT2D eigenvalue weighted by atomic mass is 16.5. The van der Waals surface area contributed by atoms with E-state index >= 15 is 0 Å². The van der Waals surface area contributed by atoms with Crippen molar-refractivity contribution in [2.45, 2.75) is 64.3 Å². The molecule has 0 spiro atoms. The van der Waals surface area contributed by atoms with Crippen LogP contribution in [0.15, 0.2) is 24.3 Å². The van der Waals surface area contributed by atoms with E-state index < -0.39 is 0 Å². The van der Waals surface area contributed by atoms with Gasteiger partial charge in [-0.25, -0.2) is 0 Å². The molecule has 184 valence electrons. The highest BCUT2D eigenvalue weighted by Gasteiger charge is 2.01. The molecule has 0 saturated heterocycles. The maximum Gasteiger partial charge on any atom is 0.305 e. The Morgan fingerprint density at radius 1 is 0.812 bits per heavy atom. The number of hydrogen-bond acceptors (Lipinski definition) is 7. The van der Waals surface area contributed by atoms with Crippen LogP contribution in [-0.2, 0) is 23.7 Å². The first kappa shape index (κ1) is 28.4. The molecule has 0 amide bonds. The molecule has 0 heterocycles. The van der Waals surface area contributed by atoms with E-state index in [1.165, 1.54) is 7.11 Å². The van der Waals surface area contributed by atoms with E-state index in [-0.39, 0.29) is 12.0 Å². The number of methoxy groups -OCH3 is 1. The molecule has 0 radical (unpaired) electrons. The molecule has 0 aliphatic heterocycles. The number of esters is 1. The van der Waals surface area contributed by atoms with Gasteiger partial charge in [0.2, 0.25) is 0 Å². The molecule has 0 aliphatic carbocycles. The average Bonchev–Trinajstić information content (AvgIpc) is 2.80. The minimum absolute atomic E-state index is 0.0265. The van der Waals surface area contributed by atoms with Crippen molar-refractivity contribution >= 4 is 5.97 Å². The molecule has 2 N–H and O–H groups in total. The molecule has 0 saturated carbocycles. The second-order valence-corrected chi connectivity index (χ2v) is 7.85. The summed E-state index contributed by atoms with van der Waals surface area (Å²) in [5.41, 5.74) is 7.00. The number of carbonyl (C=O) groups excluding carboxylic acids is 1. The molecule has 32 heavy (non-hydrogen) atoms. The molecular formula is C25H43NO6. The zero-order valence-electron chi connectivity index (χ0n) is 20.0. The fourth-order valence-electron chi connectivity index (χ4n) is 3.03. The Kier molecular flexibility index (Phi) is 17.7. The van der Waals surface area contributed by atoms with Crippen LogP contribution < -0.4 is 10.5 Å². The van der Waals surface area contributed by atoms with Gasteiger partial charge in [-0.15, -0.1) is 0 Å². The SMILES string of the molecule is COC(=O)CCCCCOCCOCCOCCCCCCOc1cccc([C@H](C)N)c1. The zero-order chi connectivity index (χ0) is 23.3. The molecule has 1 atom stereocenters. The van der Waals surface area contributed by atoms with Gasteiger partial charge in [-0.05, 0) is 56.7 Å². The average molecular weight is 454 g/mol. The maximum absolute atomic E-state index is 11.0. The highest BCUT2D eigenvalue weighted by molar-refractivity contribution is 5.68. The first-order valence-electron chi connectivity index (χ1n) is 11.9. The maximum atomic E-state index is 11.0. The lowest BCUT2D eigenvalue weighted by Crippen LogP contribution is -2.10. The third kappa shape index (κ3) is 16.0. The standard InChI is InChI=1S/C25H43NO6/c1-22(26)23-11-10-12-24(21-23)32-16-9-4-3-7-14-29-17-19-31-20-18-30-15-8-5-6-13-25(27)28-2/h10-12,21-22H,3-9,13-20,26H2,1-2H3/t22-/m0/s1. The van der Waals surface area contributed by atoms with Crippen LogP contribution in [0.5, 0.6) is 5.75 Å². The predicted octanol–water partition coefficient (Wildman–Crippen LogP) is 4.43. The largest absolute Gasteiger partial charge is 0.494 e. The molecule has 0 bridgehead atoms. The Balaban J connectivity index is 1.77. The first-order valence-corrected chi connectivity index (χ1v) is 11.9. The molecule has 0 aliphatic rings. The summed E-state index contributed by atoms with van der Waals surface area (Å²) in [5, 5.41) is 0. The Labute approximate surface area is 193 Å². The van der Waals surface area contributed by atoms with Crippen LogP contribution in [0.1, 0.15) is 69.9 Å². The van der Waals surface area contributed by atoms with Gasteiger partial charge < -0.3 is 29.4 Å². The number of hydrogen-bond donors (Lipinski definition) is 1. The number of ether oxygens (including phenoxy) is 5.